The maximum absolute atomic E-state index is 11.9. The van der Waals surface area contributed by atoms with Gasteiger partial charge in [-0.25, -0.2) is 17.5 Å². The fourth-order valence-electron chi connectivity index (χ4n) is 1.55. The summed E-state index contributed by atoms with van der Waals surface area (Å²) in [5.41, 5.74) is -0.763. The van der Waals surface area contributed by atoms with E-state index in [1.165, 1.54) is 45.3 Å². The van der Waals surface area contributed by atoms with Crippen molar-refractivity contribution in [1.29, 1.82) is 0 Å². The highest BCUT2D eigenvalue weighted by atomic mass is 32.2. The average molecular weight is 286 g/mol. The molecule has 0 radical (unpaired) electrons. The highest BCUT2D eigenvalue weighted by Gasteiger charge is 2.33. The minimum atomic E-state index is -3.50. The fraction of sp³-hybridized carbons (Fsp3) is 0.417. The first-order valence-corrected chi connectivity index (χ1v) is 7.05. The molecule has 0 aliphatic rings. The minimum absolute atomic E-state index is 0.130. The third kappa shape index (κ3) is 2.78. The molecule has 0 saturated carbocycles. The molecule has 1 rings (SSSR count). The molecule has 0 saturated heterocycles. The van der Waals surface area contributed by atoms with Gasteiger partial charge in [-0.05, 0) is 31.7 Å². The Morgan fingerprint density at radius 3 is 2.05 bits per heavy atom. The summed E-state index contributed by atoms with van der Waals surface area (Å²) in [6, 6.07) is 5.81. The molecule has 0 aliphatic heterocycles. The SMILES string of the molecule is CNC(C)(C(=O)O)c1ccc(S(=O)(=O)N(C)C)cc1. The van der Waals surface area contributed by atoms with Crippen LogP contribution in [0.3, 0.4) is 0 Å². The van der Waals surface area contributed by atoms with Crippen molar-refractivity contribution in [3.05, 3.63) is 29.8 Å². The monoisotopic (exact) mass is 286 g/mol. The van der Waals surface area contributed by atoms with E-state index in [1.807, 2.05) is 0 Å². The van der Waals surface area contributed by atoms with Crippen molar-refractivity contribution >= 4 is 16.0 Å². The Morgan fingerprint density at radius 1 is 1.26 bits per heavy atom. The third-order valence-electron chi connectivity index (χ3n) is 3.14. The molecule has 1 unspecified atom stereocenters. The van der Waals surface area contributed by atoms with Gasteiger partial charge in [0.05, 0.1) is 4.90 Å². The van der Waals surface area contributed by atoms with E-state index in [1.54, 1.807) is 7.05 Å². The van der Waals surface area contributed by atoms with Gasteiger partial charge in [0, 0.05) is 14.1 Å². The first-order valence-electron chi connectivity index (χ1n) is 5.61. The molecule has 0 heterocycles. The lowest BCUT2D eigenvalue weighted by Crippen LogP contribution is -2.44. The number of carboxylic acid groups (broad SMARTS) is 1. The lowest BCUT2D eigenvalue weighted by Gasteiger charge is -2.25. The molecule has 19 heavy (non-hydrogen) atoms. The molecule has 0 amide bonds. The summed E-state index contributed by atoms with van der Waals surface area (Å²) in [5, 5.41) is 11.9. The summed E-state index contributed by atoms with van der Waals surface area (Å²) in [6.45, 7) is 1.52. The largest absolute Gasteiger partial charge is 0.480 e. The van der Waals surface area contributed by atoms with Crippen molar-refractivity contribution in [2.45, 2.75) is 17.4 Å². The normalized spacial score (nSPS) is 15.2. The first-order chi connectivity index (χ1) is 8.66. The molecule has 0 aromatic heterocycles. The van der Waals surface area contributed by atoms with Gasteiger partial charge in [0.1, 0.15) is 5.54 Å². The lowest BCUT2D eigenvalue weighted by atomic mass is 9.92. The van der Waals surface area contributed by atoms with Gasteiger partial charge in [-0.1, -0.05) is 12.1 Å². The van der Waals surface area contributed by atoms with E-state index in [-0.39, 0.29) is 4.90 Å². The van der Waals surface area contributed by atoms with Crippen LogP contribution in [0.1, 0.15) is 12.5 Å². The fourth-order valence-corrected chi connectivity index (χ4v) is 2.45. The van der Waals surface area contributed by atoms with Crippen LogP contribution in [-0.2, 0) is 20.4 Å². The molecular weight excluding hydrogens is 268 g/mol. The zero-order valence-electron chi connectivity index (χ0n) is 11.3. The predicted molar refractivity (Wildman–Crippen MR) is 71.4 cm³/mol. The van der Waals surface area contributed by atoms with Gasteiger partial charge in [0.2, 0.25) is 10.0 Å². The highest BCUT2D eigenvalue weighted by molar-refractivity contribution is 7.89. The molecule has 1 aromatic rings. The van der Waals surface area contributed by atoms with Gasteiger partial charge in [-0.3, -0.25) is 0 Å². The minimum Gasteiger partial charge on any atom is -0.480 e. The van der Waals surface area contributed by atoms with E-state index >= 15 is 0 Å². The Balaban J connectivity index is 3.24. The van der Waals surface area contributed by atoms with Crippen molar-refractivity contribution in [2.24, 2.45) is 0 Å². The quantitative estimate of drug-likeness (QED) is 0.821. The van der Waals surface area contributed by atoms with Crippen LogP contribution in [0.2, 0.25) is 0 Å². The number of likely N-dealkylation sites (N-methyl/N-ethyl adjacent to an activating group) is 1. The summed E-state index contributed by atoms with van der Waals surface area (Å²) >= 11 is 0. The number of hydrogen-bond acceptors (Lipinski definition) is 4. The van der Waals surface area contributed by atoms with Crippen molar-refractivity contribution < 1.29 is 18.3 Å². The number of sulfonamides is 1. The molecular formula is C12H18N2O4S. The van der Waals surface area contributed by atoms with E-state index in [0.29, 0.717) is 5.56 Å². The second-order valence-electron chi connectivity index (χ2n) is 4.49. The van der Waals surface area contributed by atoms with Crippen molar-refractivity contribution in [1.82, 2.24) is 9.62 Å². The summed E-state index contributed by atoms with van der Waals surface area (Å²) in [6.07, 6.45) is 0. The summed E-state index contributed by atoms with van der Waals surface area (Å²) in [4.78, 5) is 11.4. The van der Waals surface area contributed by atoms with Crippen LogP contribution >= 0.6 is 0 Å². The zero-order valence-corrected chi connectivity index (χ0v) is 12.2. The standard InChI is InChI=1S/C12H18N2O4S/c1-12(13-2,11(15)16)9-5-7-10(8-6-9)19(17,18)14(3)4/h5-8,13H,1-4H3,(H,15,16). The molecule has 106 valence electrons. The lowest BCUT2D eigenvalue weighted by molar-refractivity contribution is -0.144. The number of nitrogens with zero attached hydrogens (tertiary/aromatic N) is 1. The van der Waals surface area contributed by atoms with E-state index in [2.05, 4.69) is 5.32 Å². The van der Waals surface area contributed by atoms with Gasteiger partial charge in [-0.15, -0.1) is 0 Å². The number of benzene rings is 1. The predicted octanol–water partition coefficient (Wildman–Crippen LogP) is 0.456. The zero-order chi connectivity index (χ0) is 14.8. The van der Waals surface area contributed by atoms with Gasteiger partial charge < -0.3 is 10.4 Å². The van der Waals surface area contributed by atoms with Gasteiger partial charge in [-0.2, -0.15) is 0 Å². The number of hydrogen-bond donors (Lipinski definition) is 2. The second-order valence-corrected chi connectivity index (χ2v) is 6.64. The van der Waals surface area contributed by atoms with Crippen LogP contribution in [-0.4, -0.2) is 44.9 Å². The second kappa shape index (κ2) is 5.28. The molecule has 1 atom stereocenters. The van der Waals surface area contributed by atoms with Crippen LogP contribution in [0, 0.1) is 0 Å². The number of carboxylic acids is 1. The van der Waals surface area contributed by atoms with Crippen LogP contribution in [0.4, 0.5) is 0 Å². The summed E-state index contributed by atoms with van der Waals surface area (Å²) < 4.78 is 24.9. The smallest absolute Gasteiger partial charge is 0.328 e. The van der Waals surface area contributed by atoms with Gasteiger partial charge in [0.25, 0.3) is 0 Å². The number of rotatable bonds is 5. The molecule has 7 heteroatoms. The van der Waals surface area contributed by atoms with Crippen LogP contribution in [0.5, 0.6) is 0 Å². The Labute approximate surface area is 113 Å². The topological polar surface area (TPSA) is 86.7 Å². The van der Waals surface area contributed by atoms with E-state index < -0.39 is 21.5 Å². The van der Waals surface area contributed by atoms with Gasteiger partial charge >= 0.3 is 5.97 Å². The average Bonchev–Trinajstić information content (AvgIpc) is 2.37. The number of nitrogens with one attached hydrogen (secondary N) is 1. The van der Waals surface area contributed by atoms with Gasteiger partial charge in [0.15, 0.2) is 0 Å². The molecule has 1 aromatic carbocycles. The van der Waals surface area contributed by atoms with E-state index in [9.17, 15) is 18.3 Å². The molecule has 0 aliphatic carbocycles. The van der Waals surface area contributed by atoms with Crippen molar-refractivity contribution in [3.8, 4) is 0 Å². The Hall–Kier alpha value is -1.44. The Bertz CT molecular complexity index is 566. The Kier molecular flexibility index (Phi) is 4.34. The third-order valence-corrected chi connectivity index (χ3v) is 4.97. The summed E-state index contributed by atoms with van der Waals surface area (Å²) in [7, 11) is 0.925. The number of aliphatic carboxylic acids is 1. The Morgan fingerprint density at radius 2 is 1.74 bits per heavy atom. The maximum atomic E-state index is 11.9. The van der Waals surface area contributed by atoms with Crippen molar-refractivity contribution in [2.75, 3.05) is 21.1 Å². The van der Waals surface area contributed by atoms with Crippen LogP contribution in [0.25, 0.3) is 0 Å². The first kappa shape index (κ1) is 15.6. The van der Waals surface area contributed by atoms with E-state index in [4.69, 9.17) is 0 Å². The van der Waals surface area contributed by atoms with Crippen LogP contribution in [0.15, 0.2) is 29.2 Å². The molecule has 6 nitrogen and oxygen atoms in total. The van der Waals surface area contributed by atoms with Crippen LogP contribution < -0.4 is 5.32 Å². The molecule has 0 bridgehead atoms. The maximum Gasteiger partial charge on any atom is 0.328 e. The van der Waals surface area contributed by atoms with E-state index in [0.717, 1.165) is 4.31 Å². The molecule has 0 spiro atoms. The summed E-state index contributed by atoms with van der Waals surface area (Å²) in [5.74, 6) is -1.03. The van der Waals surface area contributed by atoms with Crippen molar-refractivity contribution in [3.63, 3.8) is 0 Å². The number of carbonyl (C=O) groups is 1. The molecule has 0 fully saturated rings. The molecule has 2 N–H and O–H groups in total. The highest BCUT2D eigenvalue weighted by Crippen LogP contribution is 2.23.